The molecule has 0 radical (unpaired) electrons. The Hall–Kier alpha value is -1.98. The molecule has 0 aromatic heterocycles. The zero-order chi connectivity index (χ0) is 27.1. The molecule has 2 atom stereocenters. The minimum absolute atomic E-state index is 0.00672. The second kappa shape index (κ2) is 7.15. The Balaban J connectivity index is 1.69. The highest BCUT2D eigenvalue weighted by molar-refractivity contribution is 8.05. The molecule has 4 aliphatic rings. The van der Waals surface area contributed by atoms with Gasteiger partial charge in [0.1, 0.15) is 0 Å². The van der Waals surface area contributed by atoms with Gasteiger partial charge >= 0.3 is 17.8 Å². The summed E-state index contributed by atoms with van der Waals surface area (Å²) in [5, 5.41) is -2.33. The predicted molar refractivity (Wildman–Crippen MR) is 120 cm³/mol. The Morgan fingerprint density at radius 1 is 0.649 bits per heavy atom. The summed E-state index contributed by atoms with van der Waals surface area (Å²) in [6.07, 6.45) is 0. The van der Waals surface area contributed by atoms with E-state index in [1.54, 1.807) is 0 Å². The number of hydrogen-bond donors (Lipinski definition) is 2. The van der Waals surface area contributed by atoms with Crippen LogP contribution < -0.4 is 0 Å². The fourth-order valence-corrected chi connectivity index (χ4v) is 9.37. The van der Waals surface area contributed by atoms with Crippen molar-refractivity contribution in [2.45, 2.75) is 47.8 Å². The maximum Gasteiger partial charge on any atom is 0.380 e. The summed E-state index contributed by atoms with van der Waals surface area (Å²) >= 11 is 1.56. The van der Waals surface area contributed by atoms with Crippen LogP contribution in [0.15, 0.2) is 67.1 Å². The quantitative estimate of drug-likeness (QED) is 0.355. The lowest BCUT2D eigenvalue weighted by Gasteiger charge is -2.30. The molecule has 6 rings (SSSR count). The van der Waals surface area contributed by atoms with Gasteiger partial charge in [0.05, 0.1) is 20.3 Å². The van der Waals surface area contributed by atoms with Crippen molar-refractivity contribution in [3.05, 3.63) is 58.7 Å². The van der Waals surface area contributed by atoms with Gasteiger partial charge in [-0.2, -0.15) is 43.2 Å². The molecule has 2 aliphatic heterocycles. The van der Waals surface area contributed by atoms with Gasteiger partial charge in [-0.05, 0) is 46.5 Å². The van der Waals surface area contributed by atoms with Crippen molar-refractivity contribution in [3.63, 3.8) is 0 Å². The molecule has 2 N–H and O–H groups in total. The molecule has 2 aromatic rings. The molecule has 0 bridgehead atoms. The van der Waals surface area contributed by atoms with Crippen molar-refractivity contribution in [1.82, 2.24) is 0 Å². The monoisotopic (exact) mass is 600 g/mol. The van der Waals surface area contributed by atoms with Crippen LogP contribution in [-0.2, 0) is 20.2 Å². The van der Waals surface area contributed by atoms with Gasteiger partial charge in [0.25, 0.3) is 20.2 Å². The van der Waals surface area contributed by atoms with E-state index >= 15 is 17.6 Å². The fourth-order valence-electron chi connectivity index (χ4n) is 5.08. The Kier molecular flexibility index (Phi) is 4.89. The van der Waals surface area contributed by atoms with Crippen molar-refractivity contribution < 1.29 is 52.3 Å². The maximum atomic E-state index is 15.2. The Morgan fingerprint density at radius 3 is 1.32 bits per heavy atom. The minimum atomic E-state index is -5.80. The number of benzene rings is 2. The molecule has 196 valence electrons. The Labute approximate surface area is 213 Å². The summed E-state index contributed by atoms with van der Waals surface area (Å²) in [6.45, 7) is 0. The van der Waals surface area contributed by atoms with E-state index < -0.39 is 80.6 Å². The van der Waals surface area contributed by atoms with Crippen LogP contribution in [0.5, 0.6) is 0 Å². The number of allylic oxidation sites excluding steroid dienone is 2. The molecule has 0 amide bonds. The topological polar surface area (TPSA) is 109 Å². The third kappa shape index (κ3) is 3.10. The standard InChI is InChI=1S/C21H10F6O6S4/c22-19(23)15-13-9-3-1-7(36(28,29)30)5-11(9)34-17(13)18-14(16(15)20(24,25)21(19,26)27)10-4-2-8(37(31,32)33)6-12(10)35-18/h1-6,17-18H,(H,28,29,30)(H,31,32,33). The van der Waals surface area contributed by atoms with E-state index in [-0.39, 0.29) is 20.9 Å². The van der Waals surface area contributed by atoms with Gasteiger partial charge in [-0.25, -0.2) is 0 Å². The highest BCUT2D eigenvalue weighted by Crippen LogP contribution is 2.72. The van der Waals surface area contributed by atoms with Gasteiger partial charge < -0.3 is 0 Å². The van der Waals surface area contributed by atoms with Crippen LogP contribution in [0.25, 0.3) is 11.1 Å². The van der Waals surface area contributed by atoms with Gasteiger partial charge in [0, 0.05) is 20.9 Å². The van der Waals surface area contributed by atoms with Gasteiger partial charge in [0.2, 0.25) is 0 Å². The van der Waals surface area contributed by atoms with Crippen LogP contribution in [0.3, 0.4) is 0 Å². The molecule has 2 unspecified atom stereocenters. The van der Waals surface area contributed by atoms with Gasteiger partial charge in [-0.3, -0.25) is 9.11 Å². The molecule has 0 spiro atoms. The van der Waals surface area contributed by atoms with Crippen molar-refractivity contribution in [2.75, 3.05) is 0 Å². The highest BCUT2D eigenvalue weighted by atomic mass is 32.2. The summed E-state index contributed by atoms with van der Waals surface area (Å²) < 4.78 is 155. The second-order valence-corrected chi connectivity index (χ2v) is 13.9. The summed E-state index contributed by atoms with van der Waals surface area (Å²) in [4.78, 5) is -1.23. The van der Waals surface area contributed by atoms with Crippen molar-refractivity contribution >= 4 is 54.9 Å². The third-order valence-corrected chi connectivity index (χ3v) is 11.2. The lowest BCUT2D eigenvalue weighted by atomic mass is 9.80. The molecule has 2 aliphatic carbocycles. The van der Waals surface area contributed by atoms with Crippen molar-refractivity contribution in [1.29, 1.82) is 0 Å². The van der Waals surface area contributed by atoms with E-state index in [0.29, 0.717) is 0 Å². The third-order valence-electron chi connectivity index (χ3n) is 6.64. The molecule has 37 heavy (non-hydrogen) atoms. The normalized spacial score (nSPS) is 26.5. The van der Waals surface area contributed by atoms with Crippen LogP contribution in [0, 0.1) is 0 Å². The smallest absolute Gasteiger partial charge is 0.282 e. The number of thioether (sulfide) groups is 2. The lowest BCUT2D eigenvalue weighted by Crippen LogP contribution is -2.47. The molecular weight excluding hydrogens is 590 g/mol. The molecular formula is C21H10F6O6S4. The molecule has 0 saturated heterocycles. The average Bonchev–Trinajstić information content (AvgIpc) is 3.36. The molecule has 2 aromatic carbocycles. The van der Waals surface area contributed by atoms with Gasteiger partial charge in [-0.1, -0.05) is 12.1 Å². The van der Waals surface area contributed by atoms with Crippen LogP contribution in [0.2, 0.25) is 0 Å². The first-order chi connectivity index (χ1) is 16.9. The largest absolute Gasteiger partial charge is 0.380 e. The second-order valence-electron chi connectivity index (χ2n) is 8.64. The number of hydrogen-bond acceptors (Lipinski definition) is 6. The summed E-state index contributed by atoms with van der Waals surface area (Å²) in [5.41, 5.74) is -4.45. The van der Waals surface area contributed by atoms with Gasteiger partial charge in [-0.15, -0.1) is 23.5 Å². The van der Waals surface area contributed by atoms with E-state index in [2.05, 4.69) is 0 Å². The number of fused-ring (bicyclic) bond motifs is 8. The van der Waals surface area contributed by atoms with E-state index in [1.165, 1.54) is 0 Å². The summed E-state index contributed by atoms with van der Waals surface area (Å²) in [6, 6.07) is 5.55. The average molecular weight is 601 g/mol. The molecule has 6 nitrogen and oxygen atoms in total. The number of rotatable bonds is 2. The summed E-state index contributed by atoms with van der Waals surface area (Å²) in [5.74, 6) is -16.4. The van der Waals surface area contributed by atoms with E-state index in [9.17, 15) is 34.7 Å². The Bertz CT molecular complexity index is 1600. The van der Waals surface area contributed by atoms with Crippen LogP contribution in [-0.4, -0.2) is 54.2 Å². The van der Waals surface area contributed by atoms with E-state index in [4.69, 9.17) is 0 Å². The first-order valence-electron chi connectivity index (χ1n) is 10.1. The van der Waals surface area contributed by atoms with Gasteiger partial charge in [0.15, 0.2) is 0 Å². The fraction of sp³-hybridized carbons (Fsp3) is 0.238. The lowest BCUT2D eigenvalue weighted by molar-refractivity contribution is -0.257. The zero-order valence-corrected chi connectivity index (χ0v) is 20.8. The van der Waals surface area contributed by atoms with Crippen LogP contribution in [0.4, 0.5) is 26.3 Å². The number of alkyl halides is 6. The van der Waals surface area contributed by atoms with E-state index in [0.717, 1.165) is 59.9 Å². The molecule has 2 heterocycles. The van der Waals surface area contributed by atoms with Crippen molar-refractivity contribution in [2.24, 2.45) is 0 Å². The van der Waals surface area contributed by atoms with Crippen molar-refractivity contribution in [3.8, 4) is 0 Å². The maximum absolute atomic E-state index is 15.2. The number of halogens is 6. The predicted octanol–water partition coefficient (Wildman–Crippen LogP) is 5.27. The minimum Gasteiger partial charge on any atom is -0.282 e. The SMILES string of the molecule is O=S(=O)(O)c1ccc2c(c1)SC1C2=C2C(=C3c4ccc(S(=O)(=O)O)cc4SC31)C(F)(F)C(F)(F)C2(F)F. The zero-order valence-electron chi connectivity index (χ0n) is 17.5. The highest BCUT2D eigenvalue weighted by Gasteiger charge is 2.83. The van der Waals surface area contributed by atoms with E-state index in [1.807, 2.05) is 0 Å². The first-order valence-corrected chi connectivity index (χ1v) is 14.7. The molecule has 16 heteroatoms. The molecule has 1 fully saturated rings. The first kappa shape index (κ1) is 25.3. The molecule has 1 saturated carbocycles. The van der Waals surface area contributed by atoms with Crippen LogP contribution >= 0.6 is 23.5 Å². The summed E-state index contributed by atoms with van der Waals surface area (Å²) in [7, 11) is -9.46. The Morgan fingerprint density at radius 2 is 1.00 bits per heavy atom. The van der Waals surface area contributed by atoms with Crippen LogP contribution in [0.1, 0.15) is 11.1 Å².